The van der Waals surface area contributed by atoms with E-state index in [4.69, 9.17) is 4.74 Å². The third kappa shape index (κ3) is 6.32. The Balaban J connectivity index is 1.48. The van der Waals surface area contributed by atoms with E-state index in [-0.39, 0.29) is 11.5 Å². The first-order chi connectivity index (χ1) is 14.0. The summed E-state index contributed by atoms with van der Waals surface area (Å²) in [4.78, 5) is 6.82. The van der Waals surface area contributed by atoms with Crippen LogP contribution in [0.3, 0.4) is 0 Å². The maximum Gasteiger partial charge on any atom is 0.193 e. The summed E-state index contributed by atoms with van der Waals surface area (Å²) in [6, 6.07) is 10.7. The predicted octanol–water partition coefficient (Wildman–Crippen LogP) is 3.42. The van der Waals surface area contributed by atoms with Crippen LogP contribution in [0.15, 0.2) is 47.7 Å². The predicted molar refractivity (Wildman–Crippen MR) is 118 cm³/mol. The summed E-state index contributed by atoms with van der Waals surface area (Å²) in [7, 11) is 3.80. The van der Waals surface area contributed by atoms with Crippen LogP contribution < -0.4 is 5.32 Å². The highest BCUT2D eigenvalue weighted by Crippen LogP contribution is 2.24. The van der Waals surface area contributed by atoms with Crippen LogP contribution in [-0.2, 0) is 18.2 Å². The zero-order valence-electron chi connectivity index (χ0n) is 18.3. The summed E-state index contributed by atoms with van der Waals surface area (Å²) in [6.07, 6.45) is 7.45. The average molecular weight is 398 g/mol. The molecule has 3 rings (SSSR count). The molecule has 29 heavy (non-hydrogen) atoms. The number of aliphatic imine (C=N–C) groups is 1. The van der Waals surface area contributed by atoms with Gasteiger partial charge in [-0.2, -0.15) is 5.10 Å². The highest BCUT2D eigenvalue weighted by atomic mass is 16.5. The van der Waals surface area contributed by atoms with Gasteiger partial charge in [0.15, 0.2) is 5.96 Å². The van der Waals surface area contributed by atoms with Crippen molar-refractivity contribution in [2.75, 3.05) is 33.3 Å². The molecule has 1 aliphatic rings. The molecule has 158 valence electrons. The van der Waals surface area contributed by atoms with Crippen molar-refractivity contribution in [2.45, 2.75) is 39.2 Å². The van der Waals surface area contributed by atoms with Crippen molar-refractivity contribution in [3.63, 3.8) is 0 Å². The fourth-order valence-corrected chi connectivity index (χ4v) is 3.80. The number of guanidine groups is 1. The number of benzene rings is 1. The Morgan fingerprint density at radius 1 is 1.31 bits per heavy atom. The third-order valence-electron chi connectivity index (χ3n) is 5.56. The standard InChI is InChI=1S/C23H35N5O/c1-23(2,12-8-11-19-9-6-5-7-10-19)18-25-22(24-3)28-13-14-29-21(17-28)20-15-26-27(4)16-20/h5-7,9-10,15-16,21H,8,11-14,17-18H2,1-4H3,(H,24,25). The number of nitrogens with one attached hydrogen (secondary N) is 1. The number of hydrogen-bond donors (Lipinski definition) is 1. The van der Waals surface area contributed by atoms with Crippen LogP contribution in [0, 0.1) is 5.41 Å². The summed E-state index contributed by atoms with van der Waals surface area (Å²) in [5.74, 6) is 0.957. The maximum absolute atomic E-state index is 5.97. The van der Waals surface area contributed by atoms with Gasteiger partial charge in [0.2, 0.25) is 0 Å². The molecule has 1 atom stereocenters. The van der Waals surface area contributed by atoms with Gasteiger partial charge in [-0.1, -0.05) is 44.2 Å². The fourth-order valence-electron chi connectivity index (χ4n) is 3.80. The van der Waals surface area contributed by atoms with Crippen LogP contribution in [-0.4, -0.2) is 53.9 Å². The van der Waals surface area contributed by atoms with Gasteiger partial charge in [0.1, 0.15) is 6.10 Å². The van der Waals surface area contributed by atoms with Crippen molar-refractivity contribution in [1.29, 1.82) is 0 Å². The molecule has 0 spiro atoms. The van der Waals surface area contributed by atoms with E-state index in [0.29, 0.717) is 6.61 Å². The minimum absolute atomic E-state index is 0.0369. The van der Waals surface area contributed by atoms with Gasteiger partial charge in [0, 0.05) is 38.9 Å². The molecule has 2 aromatic rings. The minimum atomic E-state index is 0.0369. The summed E-state index contributed by atoms with van der Waals surface area (Å²) in [5.41, 5.74) is 2.75. The Hall–Kier alpha value is -2.34. The van der Waals surface area contributed by atoms with Crippen LogP contribution in [0.25, 0.3) is 0 Å². The molecular formula is C23H35N5O. The van der Waals surface area contributed by atoms with Crippen molar-refractivity contribution in [3.8, 4) is 0 Å². The second-order valence-corrected chi connectivity index (χ2v) is 8.66. The third-order valence-corrected chi connectivity index (χ3v) is 5.56. The summed E-state index contributed by atoms with van der Waals surface area (Å²) >= 11 is 0. The lowest BCUT2D eigenvalue weighted by Crippen LogP contribution is -2.49. The molecule has 1 N–H and O–H groups in total. The van der Waals surface area contributed by atoms with E-state index in [2.05, 4.69) is 64.5 Å². The van der Waals surface area contributed by atoms with E-state index in [1.807, 2.05) is 31.2 Å². The number of rotatable bonds is 7. The Labute approximate surface area is 175 Å². The van der Waals surface area contributed by atoms with Gasteiger partial charge in [-0.15, -0.1) is 0 Å². The second-order valence-electron chi connectivity index (χ2n) is 8.66. The van der Waals surface area contributed by atoms with Crippen molar-refractivity contribution in [2.24, 2.45) is 17.5 Å². The minimum Gasteiger partial charge on any atom is -0.370 e. The average Bonchev–Trinajstić information content (AvgIpc) is 3.16. The zero-order chi connectivity index (χ0) is 20.7. The smallest absolute Gasteiger partial charge is 0.193 e. The molecule has 0 radical (unpaired) electrons. The molecule has 1 fully saturated rings. The first kappa shape index (κ1) is 21.4. The fraction of sp³-hybridized carbons (Fsp3) is 0.565. The normalized spacial score (nSPS) is 18.1. The summed E-state index contributed by atoms with van der Waals surface area (Å²) in [5, 5.41) is 7.88. The maximum atomic E-state index is 5.97. The molecule has 0 aliphatic carbocycles. The molecule has 1 aliphatic heterocycles. The Bertz CT molecular complexity index is 784. The summed E-state index contributed by atoms with van der Waals surface area (Å²) in [6.45, 7) is 7.90. The molecule has 0 bridgehead atoms. The molecular weight excluding hydrogens is 362 g/mol. The highest BCUT2D eigenvalue weighted by Gasteiger charge is 2.26. The topological polar surface area (TPSA) is 54.7 Å². The molecule has 0 saturated carbocycles. The van der Waals surface area contributed by atoms with Gasteiger partial charge in [0.25, 0.3) is 0 Å². The molecule has 0 amide bonds. The van der Waals surface area contributed by atoms with E-state index < -0.39 is 0 Å². The van der Waals surface area contributed by atoms with E-state index in [1.165, 1.54) is 18.4 Å². The number of ether oxygens (including phenoxy) is 1. The van der Waals surface area contributed by atoms with Gasteiger partial charge >= 0.3 is 0 Å². The van der Waals surface area contributed by atoms with Gasteiger partial charge in [-0.05, 0) is 30.2 Å². The molecule has 6 nitrogen and oxygen atoms in total. The number of hydrogen-bond acceptors (Lipinski definition) is 3. The number of aromatic nitrogens is 2. The van der Waals surface area contributed by atoms with E-state index in [1.54, 1.807) is 0 Å². The van der Waals surface area contributed by atoms with Crippen molar-refractivity contribution < 1.29 is 4.74 Å². The van der Waals surface area contributed by atoms with E-state index >= 15 is 0 Å². The van der Waals surface area contributed by atoms with Crippen molar-refractivity contribution >= 4 is 5.96 Å². The first-order valence-corrected chi connectivity index (χ1v) is 10.6. The summed E-state index contributed by atoms with van der Waals surface area (Å²) < 4.78 is 7.79. The number of morpholine rings is 1. The van der Waals surface area contributed by atoms with E-state index in [0.717, 1.165) is 37.6 Å². The van der Waals surface area contributed by atoms with Crippen LogP contribution in [0.4, 0.5) is 0 Å². The van der Waals surface area contributed by atoms with Crippen LogP contribution in [0.1, 0.15) is 43.9 Å². The molecule has 1 saturated heterocycles. The molecule has 2 heterocycles. The molecule has 1 aromatic carbocycles. The zero-order valence-corrected chi connectivity index (χ0v) is 18.3. The lowest BCUT2D eigenvalue weighted by molar-refractivity contribution is -0.00817. The van der Waals surface area contributed by atoms with Crippen LogP contribution in [0.2, 0.25) is 0 Å². The van der Waals surface area contributed by atoms with Gasteiger partial charge in [-0.3, -0.25) is 9.67 Å². The second kappa shape index (κ2) is 9.92. The largest absolute Gasteiger partial charge is 0.370 e. The molecule has 1 unspecified atom stereocenters. The number of aryl methyl sites for hydroxylation is 2. The van der Waals surface area contributed by atoms with Crippen LogP contribution >= 0.6 is 0 Å². The van der Waals surface area contributed by atoms with Gasteiger partial charge in [-0.25, -0.2) is 0 Å². The quantitative estimate of drug-likeness (QED) is 0.575. The Morgan fingerprint density at radius 3 is 2.79 bits per heavy atom. The molecule has 6 heteroatoms. The lowest BCUT2D eigenvalue weighted by atomic mass is 9.86. The Morgan fingerprint density at radius 2 is 2.10 bits per heavy atom. The van der Waals surface area contributed by atoms with Crippen molar-refractivity contribution in [1.82, 2.24) is 20.0 Å². The van der Waals surface area contributed by atoms with E-state index in [9.17, 15) is 0 Å². The van der Waals surface area contributed by atoms with Crippen LogP contribution in [0.5, 0.6) is 0 Å². The SMILES string of the molecule is CN=C(NCC(C)(C)CCCc1ccccc1)N1CCOC(c2cnn(C)c2)C1. The first-order valence-electron chi connectivity index (χ1n) is 10.6. The van der Waals surface area contributed by atoms with Gasteiger partial charge < -0.3 is 15.0 Å². The van der Waals surface area contributed by atoms with Gasteiger partial charge in [0.05, 0.1) is 19.3 Å². The number of nitrogens with zero attached hydrogens (tertiary/aromatic N) is 4. The highest BCUT2D eigenvalue weighted by molar-refractivity contribution is 5.80. The lowest BCUT2D eigenvalue weighted by Gasteiger charge is -2.36. The Kier molecular flexibility index (Phi) is 7.31. The van der Waals surface area contributed by atoms with Crippen molar-refractivity contribution in [3.05, 3.63) is 53.9 Å². The molecule has 1 aromatic heterocycles. The monoisotopic (exact) mass is 397 g/mol.